The molecule has 0 heterocycles. The first kappa shape index (κ1) is 14.7. The van der Waals surface area contributed by atoms with Crippen LogP contribution in [0.2, 0.25) is 0 Å². The molecule has 0 aliphatic carbocycles. The van der Waals surface area contributed by atoms with Crippen LogP contribution in [-0.4, -0.2) is 22.3 Å². The zero-order valence-electron chi connectivity index (χ0n) is 11.4. The van der Waals surface area contributed by atoms with Crippen molar-refractivity contribution in [3.8, 4) is 11.5 Å². The molecule has 0 amide bonds. The van der Waals surface area contributed by atoms with Crippen molar-refractivity contribution in [1.29, 1.82) is 0 Å². The number of esters is 1. The quantitative estimate of drug-likeness (QED) is 0.654. The normalized spacial score (nSPS) is 11.6. The molecule has 108 valence electrons. The van der Waals surface area contributed by atoms with Crippen molar-refractivity contribution in [2.45, 2.75) is 12.5 Å². The topological polar surface area (TPSA) is 66.8 Å². The lowest BCUT2D eigenvalue weighted by Gasteiger charge is -2.14. The van der Waals surface area contributed by atoms with E-state index in [1.54, 1.807) is 6.08 Å². The molecule has 0 aromatic heterocycles. The predicted octanol–water partition coefficient (Wildman–Crippen LogP) is 3.05. The highest BCUT2D eigenvalue weighted by atomic mass is 16.5. The van der Waals surface area contributed by atoms with Crippen molar-refractivity contribution >= 4 is 5.97 Å². The summed E-state index contributed by atoms with van der Waals surface area (Å²) in [5, 5.41) is 18.9. The number of hydrogen-bond acceptors (Lipinski definition) is 4. The first-order valence-corrected chi connectivity index (χ1v) is 6.49. The maximum Gasteiger partial charge on any atom is 0.342 e. The van der Waals surface area contributed by atoms with E-state index in [0.29, 0.717) is 6.42 Å². The summed E-state index contributed by atoms with van der Waals surface area (Å²) in [6, 6.07) is 13.3. The summed E-state index contributed by atoms with van der Waals surface area (Å²) in [6.07, 6.45) is 1.56. The molecule has 1 atom stereocenters. The highest BCUT2D eigenvalue weighted by Gasteiger charge is 2.17. The zero-order valence-corrected chi connectivity index (χ0v) is 11.4. The van der Waals surface area contributed by atoms with Crippen LogP contribution >= 0.6 is 0 Å². The molecule has 0 saturated heterocycles. The third-order valence-corrected chi connectivity index (χ3v) is 3.00. The van der Waals surface area contributed by atoms with E-state index in [2.05, 4.69) is 6.58 Å². The zero-order chi connectivity index (χ0) is 15.2. The van der Waals surface area contributed by atoms with Crippen LogP contribution in [0.5, 0.6) is 11.5 Å². The van der Waals surface area contributed by atoms with Gasteiger partial charge in [0, 0.05) is 12.5 Å². The summed E-state index contributed by atoms with van der Waals surface area (Å²) in [6.45, 7) is 3.66. The van der Waals surface area contributed by atoms with Gasteiger partial charge in [-0.1, -0.05) is 43.0 Å². The van der Waals surface area contributed by atoms with E-state index in [1.165, 1.54) is 12.1 Å². The number of rotatable bonds is 5. The maximum atomic E-state index is 12.0. The van der Waals surface area contributed by atoms with E-state index in [4.69, 9.17) is 4.74 Å². The standard InChI is InChI=1S/C17H16O4/c1-2-14(10-12-6-4-3-5-7-12)21-17(20)15-9-8-13(18)11-16(15)19/h2-9,11,14,18-19H,1,10H2. The van der Waals surface area contributed by atoms with Crippen LogP contribution < -0.4 is 0 Å². The van der Waals surface area contributed by atoms with Crippen molar-refractivity contribution in [2.24, 2.45) is 0 Å². The summed E-state index contributed by atoms with van der Waals surface area (Å²) in [5.41, 5.74) is 1.03. The second-order valence-electron chi connectivity index (χ2n) is 4.57. The van der Waals surface area contributed by atoms with Crippen LogP contribution in [0.1, 0.15) is 15.9 Å². The Morgan fingerprint density at radius 3 is 2.52 bits per heavy atom. The Kier molecular flexibility index (Phi) is 4.61. The van der Waals surface area contributed by atoms with E-state index < -0.39 is 12.1 Å². The summed E-state index contributed by atoms with van der Waals surface area (Å²) < 4.78 is 5.31. The predicted molar refractivity (Wildman–Crippen MR) is 79.3 cm³/mol. The first-order valence-electron chi connectivity index (χ1n) is 6.49. The number of hydrogen-bond donors (Lipinski definition) is 2. The third kappa shape index (κ3) is 3.86. The third-order valence-electron chi connectivity index (χ3n) is 3.00. The molecule has 0 spiro atoms. The van der Waals surface area contributed by atoms with Crippen molar-refractivity contribution in [3.05, 3.63) is 72.3 Å². The Balaban J connectivity index is 2.07. The number of carbonyl (C=O) groups excluding carboxylic acids is 1. The van der Waals surface area contributed by atoms with E-state index in [9.17, 15) is 15.0 Å². The highest BCUT2D eigenvalue weighted by molar-refractivity contribution is 5.92. The largest absolute Gasteiger partial charge is 0.508 e. The molecule has 2 rings (SSSR count). The number of aromatic hydroxyl groups is 2. The Hall–Kier alpha value is -2.75. The van der Waals surface area contributed by atoms with Crippen LogP contribution in [-0.2, 0) is 11.2 Å². The summed E-state index contributed by atoms with van der Waals surface area (Å²) in [4.78, 5) is 12.0. The fourth-order valence-electron chi connectivity index (χ4n) is 1.91. The summed E-state index contributed by atoms with van der Waals surface area (Å²) in [5.74, 6) is -1.09. The Bertz CT molecular complexity index is 634. The summed E-state index contributed by atoms with van der Waals surface area (Å²) >= 11 is 0. The summed E-state index contributed by atoms with van der Waals surface area (Å²) in [7, 11) is 0. The van der Waals surface area contributed by atoms with Gasteiger partial charge in [-0.2, -0.15) is 0 Å². The van der Waals surface area contributed by atoms with E-state index in [-0.39, 0.29) is 17.1 Å². The molecule has 0 fully saturated rings. The fraction of sp³-hybridized carbons (Fsp3) is 0.118. The van der Waals surface area contributed by atoms with E-state index >= 15 is 0 Å². The molecule has 0 radical (unpaired) electrons. The van der Waals surface area contributed by atoms with E-state index in [0.717, 1.165) is 11.6 Å². The molecular weight excluding hydrogens is 268 g/mol. The molecule has 4 nitrogen and oxygen atoms in total. The van der Waals surface area contributed by atoms with Crippen molar-refractivity contribution in [3.63, 3.8) is 0 Å². The lowest BCUT2D eigenvalue weighted by molar-refractivity contribution is 0.0393. The molecule has 2 N–H and O–H groups in total. The Labute approximate surface area is 122 Å². The molecule has 1 unspecified atom stereocenters. The molecule has 4 heteroatoms. The van der Waals surface area contributed by atoms with Gasteiger partial charge in [0.1, 0.15) is 23.2 Å². The minimum atomic E-state index is -0.659. The lowest BCUT2D eigenvalue weighted by Crippen LogP contribution is -2.18. The minimum absolute atomic E-state index is 0.00714. The second-order valence-corrected chi connectivity index (χ2v) is 4.57. The molecule has 0 bridgehead atoms. The van der Waals surface area contributed by atoms with Gasteiger partial charge < -0.3 is 14.9 Å². The molecule has 2 aromatic rings. The number of ether oxygens (including phenoxy) is 1. The molecule has 0 aliphatic heterocycles. The number of carbonyl (C=O) groups is 1. The lowest BCUT2D eigenvalue weighted by atomic mass is 10.1. The SMILES string of the molecule is C=CC(Cc1ccccc1)OC(=O)c1ccc(O)cc1O. The van der Waals surface area contributed by atoms with Crippen LogP contribution in [0, 0.1) is 0 Å². The molecule has 0 aliphatic rings. The van der Waals surface area contributed by atoms with Gasteiger partial charge in [-0.15, -0.1) is 0 Å². The highest BCUT2D eigenvalue weighted by Crippen LogP contribution is 2.24. The molecule has 21 heavy (non-hydrogen) atoms. The average molecular weight is 284 g/mol. The van der Waals surface area contributed by atoms with Crippen LogP contribution in [0.4, 0.5) is 0 Å². The minimum Gasteiger partial charge on any atom is -0.508 e. The van der Waals surface area contributed by atoms with Gasteiger partial charge in [0.2, 0.25) is 0 Å². The van der Waals surface area contributed by atoms with Gasteiger partial charge in [-0.05, 0) is 17.7 Å². The first-order chi connectivity index (χ1) is 10.1. The van der Waals surface area contributed by atoms with Crippen LogP contribution in [0.15, 0.2) is 61.2 Å². The second kappa shape index (κ2) is 6.61. The van der Waals surface area contributed by atoms with Crippen LogP contribution in [0.3, 0.4) is 0 Å². The van der Waals surface area contributed by atoms with Gasteiger partial charge in [0.25, 0.3) is 0 Å². The Morgan fingerprint density at radius 1 is 1.19 bits per heavy atom. The number of phenols is 2. The monoisotopic (exact) mass is 284 g/mol. The number of phenolic OH excluding ortho intramolecular Hbond substituents is 2. The molecule has 0 saturated carbocycles. The Morgan fingerprint density at radius 2 is 1.90 bits per heavy atom. The van der Waals surface area contributed by atoms with Crippen molar-refractivity contribution in [1.82, 2.24) is 0 Å². The fourth-order valence-corrected chi connectivity index (χ4v) is 1.91. The van der Waals surface area contributed by atoms with Gasteiger partial charge in [0.05, 0.1) is 0 Å². The average Bonchev–Trinajstić information content (AvgIpc) is 2.47. The molecular formula is C17H16O4. The maximum absolute atomic E-state index is 12.0. The van der Waals surface area contributed by atoms with Gasteiger partial charge >= 0.3 is 5.97 Å². The number of benzene rings is 2. The van der Waals surface area contributed by atoms with Crippen molar-refractivity contribution in [2.75, 3.05) is 0 Å². The smallest absolute Gasteiger partial charge is 0.342 e. The van der Waals surface area contributed by atoms with Gasteiger partial charge in [0.15, 0.2) is 0 Å². The van der Waals surface area contributed by atoms with Gasteiger partial charge in [-0.3, -0.25) is 0 Å². The van der Waals surface area contributed by atoms with Crippen LogP contribution in [0.25, 0.3) is 0 Å². The van der Waals surface area contributed by atoms with Crippen molar-refractivity contribution < 1.29 is 19.7 Å². The van der Waals surface area contributed by atoms with Gasteiger partial charge in [-0.25, -0.2) is 4.79 Å². The molecule has 2 aromatic carbocycles. The van der Waals surface area contributed by atoms with E-state index in [1.807, 2.05) is 30.3 Å².